The first kappa shape index (κ1) is 18.2. The zero-order valence-electron chi connectivity index (χ0n) is 13.4. The standard InChI is InChI=1S/C18H11F2N3OS2/c1-25-17-10(4-3-7-22-17)16(24)11(8-21)18-23-14(9-26-18)15-12(19)5-2-6-13(15)20/h2-7,9,11H,1H3. The molecule has 4 nitrogen and oxygen atoms in total. The van der Waals surface area contributed by atoms with Crippen molar-refractivity contribution in [2.75, 3.05) is 6.26 Å². The Labute approximate surface area is 156 Å². The predicted molar refractivity (Wildman–Crippen MR) is 96.2 cm³/mol. The number of hydrogen-bond donors (Lipinski definition) is 0. The van der Waals surface area contributed by atoms with E-state index < -0.39 is 23.3 Å². The number of thioether (sulfide) groups is 1. The Morgan fingerprint density at radius 1 is 1.27 bits per heavy atom. The Bertz CT molecular complexity index is 993. The molecule has 0 radical (unpaired) electrons. The lowest BCUT2D eigenvalue weighted by Crippen LogP contribution is -2.12. The Kier molecular flexibility index (Phi) is 5.40. The highest BCUT2D eigenvalue weighted by atomic mass is 32.2. The Morgan fingerprint density at radius 3 is 2.65 bits per heavy atom. The van der Waals surface area contributed by atoms with Crippen molar-refractivity contribution in [2.24, 2.45) is 0 Å². The molecule has 1 aromatic carbocycles. The van der Waals surface area contributed by atoms with Gasteiger partial charge in [0.1, 0.15) is 21.7 Å². The van der Waals surface area contributed by atoms with Crippen molar-refractivity contribution < 1.29 is 13.6 Å². The summed E-state index contributed by atoms with van der Waals surface area (Å²) in [4.78, 5) is 21.0. The monoisotopic (exact) mass is 387 g/mol. The molecule has 0 amide bonds. The molecule has 0 aliphatic heterocycles. The quantitative estimate of drug-likeness (QED) is 0.469. The lowest BCUT2D eigenvalue weighted by atomic mass is 10.0. The molecule has 0 aliphatic carbocycles. The molecule has 2 heterocycles. The second-order valence-corrected chi connectivity index (χ2v) is 6.84. The summed E-state index contributed by atoms with van der Waals surface area (Å²) in [6.07, 6.45) is 3.34. The summed E-state index contributed by atoms with van der Waals surface area (Å²) in [7, 11) is 0. The van der Waals surface area contributed by atoms with Crippen LogP contribution in [0.4, 0.5) is 8.78 Å². The maximum absolute atomic E-state index is 13.9. The van der Waals surface area contributed by atoms with E-state index in [1.165, 1.54) is 23.2 Å². The highest BCUT2D eigenvalue weighted by Gasteiger charge is 2.28. The minimum absolute atomic E-state index is 0.0601. The van der Waals surface area contributed by atoms with Crippen LogP contribution in [0.15, 0.2) is 46.9 Å². The number of nitrogens with zero attached hydrogens (tertiary/aromatic N) is 3. The van der Waals surface area contributed by atoms with Crippen LogP contribution in [-0.2, 0) is 0 Å². The summed E-state index contributed by atoms with van der Waals surface area (Å²) < 4.78 is 27.9. The van der Waals surface area contributed by atoms with Gasteiger partial charge in [-0.1, -0.05) is 6.07 Å². The number of benzene rings is 1. The smallest absolute Gasteiger partial charge is 0.189 e. The maximum atomic E-state index is 13.9. The number of ketones is 1. The molecule has 130 valence electrons. The summed E-state index contributed by atoms with van der Waals surface area (Å²) in [6.45, 7) is 0. The van der Waals surface area contributed by atoms with Gasteiger partial charge in [-0.15, -0.1) is 23.1 Å². The fraction of sp³-hybridized carbons (Fsp3) is 0.111. The molecule has 0 fully saturated rings. The largest absolute Gasteiger partial charge is 0.292 e. The Morgan fingerprint density at radius 2 is 2.00 bits per heavy atom. The van der Waals surface area contributed by atoms with E-state index in [-0.39, 0.29) is 16.3 Å². The first-order chi connectivity index (χ1) is 12.6. The van der Waals surface area contributed by atoms with Crippen LogP contribution in [-0.4, -0.2) is 22.0 Å². The number of carbonyl (C=O) groups excluding carboxylic acids is 1. The predicted octanol–water partition coefficient (Wildman–Crippen LogP) is 4.70. The number of carbonyl (C=O) groups is 1. The number of aromatic nitrogens is 2. The number of halogens is 2. The van der Waals surface area contributed by atoms with E-state index in [2.05, 4.69) is 9.97 Å². The fourth-order valence-corrected chi connectivity index (χ4v) is 3.80. The first-order valence-corrected chi connectivity index (χ1v) is 9.50. The van der Waals surface area contributed by atoms with Crippen LogP contribution in [0.3, 0.4) is 0 Å². The molecule has 0 N–H and O–H groups in total. The summed E-state index contributed by atoms with van der Waals surface area (Å²) >= 11 is 2.31. The fourth-order valence-electron chi connectivity index (χ4n) is 2.40. The van der Waals surface area contributed by atoms with Gasteiger partial charge in [-0.25, -0.2) is 18.7 Å². The average Bonchev–Trinajstić information content (AvgIpc) is 3.11. The van der Waals surface area contributed by atoms with Gasteiger partial charge in [-0.05, 0) is 30.5 Å². The summed E-state index contributed by atoms with van der Waals surface area (Å²) in [5.41, 5.74) is 0.107. The summed E-state index contributed by atoms with van der Waals surface area (Å²) in [5.74, 6) is -3.12. The third-order valence-corrected chi connectivity index (χ3v) is 5.23. The van der Waals surface area contributed by atoms with Crippen molar-refractivity contribution in [2.45, 2.75) is 10.9 Å². The molecule has 0 bridgehead atoms. The van der Waals surface area contributed by atoms with Crippen molar-refractivity contribution in [1.29, 1.82) is 5.26 Å². The molecule has 26 heavy (non-hydrogen) atoms. The van der Waals surface area contributed by atoms with Gasteiger partial charge in [0, 0.05) is 11.6 Å². The number of pyridine rings is 1. The lowest BCUT2D eigenvalue weighted by molar-refractivity contribution is 0.0975. The zero-order chi connectivity index (χ0) is 18.7. The minimum Gasteiger partial charge on any atom is -0.292 e. The molecule has 0 saturated heterocycles. The van der Waals surface area contributed by atoms with Crippen molar-refractivity contribution in [1.82, 2.24) is 9.97 Å². The molecular formula is C18H11F2N3OS2. The molecule has 1 unspecified atom stereocenters. The van der Waals surface area contributed by atoms with Gasteiger partial charge >= 0.3 is 0 Å². The molecule has 8 heteroatoms. The zero-order valence-corrected chi connectivity index (χ0v) is 15.1. The van der Waals surface area contributed by atoms with Gasteiger partial charge in [0.05, 0.1) is 22.9 Å². The van der Waals surface area contributed by atoms with Crippen molar-refractivity contribution in [3.8, 4) is 17.3 Å². The van der Waals surface area contributed by atoms with E-state index >= 15 is 0 Å². The molecule has 0 spiro atoms. The van der Waals surface area contributed by atoms with E-state index in [4.69, 9.17) is 0 Å². The van der Waals surface area contributed by atoms with Crippen LogP contribution in [0.25, 0.3) is 11.3 Å². The molecular weight excluding hydrogens is 376 g/mol. The highest BCUT2D eigenvalue weighted by Crippen LogP contribution is 2.32. The topological polar surface area (TPSA) is 66.6 Å². The van der Waals surface area contributed by atoms with Crippen molar-refractivity contribution in [3.05, 3.63) is 64.1 Å². The second-order valence-electron chi connectivity index (χ2n) is 5.15. The van der Waals surface area contributed by atoms with E-state index in [0.29, 0.717) is 10.6 Å². The molecule has 3 rings (SSSR count). The van der Waals surface area contributed by atoms with Gasteiger partial charge in [-0.2, -0.15) is 5.26 Å². The number of nitriles is 1. The van der Waals surface area contributed by atoms with Crippen LogP contribution in [0.5, 0.6) is 0 Å². The molecule has 0 aliphatic rings. The molecule has 1 atom stereocenters. The van der Waals surface area contributed by atoms with Gasteiger partial charge in [0.2, 0.25) is 0 Å². The van der Waals surface area contributed by atoms with E-state index in [1.807, 2.05) is 6.07 Å². The van der Waals surface area contributed by atoms with E-state index in [9.17, 15) is 18.8 Å². The number of rotatable bonds is 5. The SMILES string of the molecule is CSc1ncccc1C(=O)C(C#N)c1nc(-c2c(F)cccc2F)cs1. The summed E-state index contributed by atoms with van der Waals surface area (Å²) in [6, 6.07) is 8.66. The normalized spacial score (nSPS) is 11.8. The third-order valence-electron chi connectivity index (χ3n) is 3.61. The molecule has 2 aromatic heterocycles. The Hall–Kier alpha value is -2.63. The van der Waals surface area contributed by atoms with Crippen LogP contribution in [0.1, 0.15) is 21.3 Å². The van der Waals surface area contributed by atoms with Gasteiger partial charge in [0.25, 0.3) is 0 Å². The number of hydrogen-bond acceptors (Lipinski definition) is 6. The average molecular weight is 387 g/mol. The van der Waals surface area contributed by atoms with E-state index in [1.54, 1.807) is 24.6 Å². The molecule has 3 aromatic rings. The molecule has 0 saturated carbocycles. The second kappa shape index (κ2) is 7.72. The van der Waals surface area contributed by atoms with Gasteiger partial charge < -0.3 is 0 Å². The number of Topliss-reactive ketones (excluding diaryl/α,β-unsaturated/α-hetero) is 1. The van der Waals surface area contributed by atoms with Crippen LogP contribution in [0, 0.1) is 23.0 Å². The van der Waals surface area contributed by atoms with Crippen molar-refractivity contribution in [3.63, 3.8) is 0 Å². The van der Waals surface area contributed by atoms with Crippen LogP contribution in [0.2, 0.25) is 0 Å². The van der Waals surface area contributed by atoms with Gasteiger partial charge in [0.15, 0.2) is 11.7 Å². The first-order valence-electron chi connectivity index (χ1n) is 7.39. The van der Waals surface area contributed by atoms with Crippen molar-refractivity contribution >= 4 is 28.9 Å². The van der Waals surface area contributed by atoms with Crippen LogP contribution < -0.4 is 0 Å². The minimum atomic E-state index is -1.17. The van der Waals surface area contributed by atoms with E-state index in [0.717, 1.165) is 23.5 Å². The summed E-state index contributed by atoms with van der Waals surface area (Å²) in [5, 5.41) is 11.6. The lowest BCUT2D eigenvalue weighted by Gasteiger charge is -2.08. The van der Waals surface area contributed by atoms with Gasteiger partial charge in [-0.3, -0.25) is 4.79 Å². The Balaban J connectivity index is 1.99. The number of thiazole rings is 1. The maximum Gasteiger partial charge on any atom is 0.189 e. The van der Waals surface area contributed by atoms with Crippen LogP contribution >= 0.6 is 23.1 Å². The highest BCUT2D eigenvalue weighted by molar-refractivity contribution is 7.98. The third kappa shape index (κ3) is 3.36.